The molecule has 0 amide bonds. The van der Waals surface area contributed by atoms with Crippen molar-refractivity contribution >= 4 is 11.6 Å². The number of ether oxygens (including phenoxy) is 2. The van der Waals surface area contributed by atoms with Gasteiger partial charge in [-0.2, -0.15) is 0 Å². The molecular formula is C21H36N4O2. The van der Waals surface area contributed by atoms with Crippen LogP contribution < -0.4 is 15.4 Å². The first-order valence-corrected chi connectivity index (χ1v) is 10.1. The number of nitrogens with zero attached hydrogens (tertiary/aromatic N) is 2. The molecule has 0 aliphatic carbocycles. The first-order valence-electron chi connectivity index (χ1n) is 10.1. The zero-order valence-electron chi connectivity index (χ0n) is 17.3. The van der Waals surface area contributed by atoms with E-state index < -0.39 is 0 Å². The summed E-state index contributed by atoms with van der Waals surface area (Å²) in [4.78, 5) is 6.91. The number of likely N-dealkylation sites (tertiary alicyclic amines) is 1. The molecule has 1 aliphatic heterocycles. The van der Waals surface area contributed by atoms with Gasteiger partial charge >= 0.3 is 0 Å². The zero-order valence-corrected chi connectivity index (χ0v) is 17.3. The van der Waals surface area contributed by atoms with E-state index >= 15 is 0 Å². The molecule has 1 unspecified atom stereocenters. The van der Waals surface area contributed by atoms with Crippen molar-refractivity contribution in [1.82, 2.24) is 10.2 Å². The van der Waals surface area contributed by atoms with E-state index in [1.807, 2.05) is 24.3 Å². The molecule has 2 N–H and O–H groups in total. The standard InChI is InChI=1S/C21H36N4O2/c1-17-9-11-25(12-10-17)18(2)16-23-21(22-3)24-19-7-5-8-20(15-19)27-14-6-13-26-4/h5,7-8,15,17-18H,6,9-14,16H2,1-4H3,(H2,22,23,24). The van der Waals surface area contributed by atoms with Gasteiger partial charge in [-0.3, -0.25) is 9.89 Å². The highest BCUT2D eigenvalue weighted by molar-refractivity contribution is 5.93. The van der Waals surface area contributed by atoms with Gasteiger partial charge < -0.3 is 20.1 Å². The summed E-state index contributed by atoms with van der Waals surface area (Å²) in [7, 11) is 3.50. The number of benzene rings is 1. The van der Waals surface area contributed by atoms with Gasteiger partial charge in [-0.15, -0.1) is 0 Å². The Kier molecular flexibility index (Phi) is 9.42. The van der Waals surface area contributed by atoms with Crippen LogP contribution in [0, 0.1) is 5.92 Å². The van der Waals surface area contributed by atoms with Crippen molar-refractivity contribution in [1.29, 1.82) is 0 Å². The minimum Gasteiger partial charge on any atom is -0.493 e. The third kappa shape index (κ3) is 7.77. The number of nitrogens with one attached hydrogen (secondary N) is 2. The summed E-state index contributed by atoms with van der Waals surface area (Å²) in [6, 6.07) is 8.46. The summed E-state index contributed by atoms with van der Waals surface area (Å²) < 4.78 is 10.8. The van der Waals surface area contributed by atoms with E-state index in [9.17, 15) is 0 Å². The second kappa shape index (κ2) is 11.8. The summed E-state index contributed by atoms with van der Waals surface area (Å²) in [5, 5.41) is 6.80. The SMILES string of the molecule is CN=C(NCC(C)N1CCC(C)CC1)Nc1cccc(OCCCOC)c1. The van der Waals surface area contributed by atoms with Crippen molar-refractivity contribution in [3.63, 3.8) is 0 Å². The average molecular weight is 377 g/mol. The molecule has 0 radical (unpaired) electrons. The molecule has 27 heavy (non-hydrogen) atoms. The van der Waals surface area contributed by atoms with Crippen molar-refractivity contribution in [3.05, 3.63) is 24.3 Å². The van der Waals surface area contributed by atoms with Gasteiger partial charge in [0, 0.05) is 51.5 Å². The molecule has 0 saturated carbocycles. The number of hydrogen-bond acceptors (Lipinski definition) is 4. The lowest BCUT2D eigenvalue weighted by Crippen LogP contribution is -2.46. The van der Waals surface area contributed by atoms with E-state index in [1.54, 1.807) is 14.2 Å². The Morgan fingerprint density at radius 1 is 1.30 bits per heavy atom. The maximum absolute atomic E-state index is 5.76. The van der Waals surface area contributed by atoms with Gasteiger partial charge in [0.05, 0.1) is 6.61 Å². The van der Waals surface area contributed by atoms with Crippen LogP contribution in [0.2, 0.25) is 0 Å². The van der Waals surface area contributed by atoms with E-state index in [2.05, 4.69) is 34.4 Å². The number of guanidine groups is 1. The number of hydrogen-bond donors (Lipinski definition) is 2. The smallest absolute Gasteiger partial charge is 0.195 e. The summed E-state index contributed by atoms with van der Waals surface area (Å²) in [5.74, 6) is 2.49. The normalized spacial score (nSPS) is 17.6. The van der Waals surface area contributed by atoms with Crippen molar-refractivity contribution in [3.8, 4) is 5.75 Å². The minimum absolute atomic E-state index is 0.492. The first-order chi connectivity index (χ1) is 13.1. The second-order valence-corrected chi connectivity index (χ2v) is 7.37. The topological polar surface area (TPSA) is 58.1 Å². The van der Waals surface area contributed by atoms with Crippen molar-refractivity contribution in [2.45, 2.75) is 39.2 Å². The molecule has 0 spiro atoms. The fourth-order valence-electron chi connectivity index (χ4n) is 3.22. The van der Waals surface area contributed by atoms with Crippen LogP contribution in [0.4, 0.5) is 5.69 Å². The highest BCUT2D eigenvalue weighted by Gasteiger charge is 2.20. The minimum atomic E-state index is 0.492. The van der Waals surface area contributed by atoms with Gasteiger partial charge in [0.2, 0.25) is 0 Å². The molecule has 1 aromatic rings. The molecule has 152 valence electrons. The monoisotopic (exact) mass is 376 g/mol. The Morgan fingerprint density at radius 3 is 2.78 bits per heavy atom. The third-order valence-corrected chi connectivity index (χ3v) is 5.09. The molecular weight excluding hydrogens is 340 g/mol. The molecule has 0 bridgehead atoms. The molecule has 1 heterocycles. The van der Waals surface area contributed by atoms with Crippen molar-refractivity contribution in [2.24, 2.45) is 10.9 Å². The predicted octanol–water partition coefficient (Wildman–Crippen LogP) is 3.21. The van der Waals surface area contributed by atoms with Crippen LogP contribution >= 0.6 is 0 Å². The molecule has 6 heteroatoms. The zero-order chi connectivity index (χ0) is 19.5. The van der Waals surface area contributed by atoms with Crippen LogP contribution in [0.1, 0.15) is 33.1 Å². The molecule has 1 saturated heterocycles. The molecule has 0 aromatic heterocycles. The average Bonchev–Trinajstić information content (AvgIpc) is 2.69. The van der Waals surface area contributed by atoms with E-state index in [4.69, 9.17) is 9.47 Å². The van der Waals surface area contributed by atoms with E-state index in [1.165, 1.54) is 25.9 Å². The number of rotatable bonds is 9. The van der Waals surface area contributed by atoms with E-state index in [-0.39, 0.29) is 0 Å². The number of aliphatic imine (C=N–C) groups is 1. The maximum atomic E-state index is 5.76. The van der Waals surface area contributed by atoms with Crippen LogP contribution in [0.15, 0.2) is 29.3 Å². The third-order valence-electron chi connectivity index (χ3n) is 5.09. The molecule has 1 aliphatic rings. The predicted molar refractivity (Wildman–Crippen MR) is 113 cm³/mol. The van der Waals surface area contributed by atoms with Crippen molar-refractivity contribution in [2.75, 3.05) is 52.3 Å². The van der Waals surface area contributed by atoms with Gasteiger partial charge in [0.1, 0.15) is 5.75 Å². The van der Waals surface area contributed by atoms with E-state index in [0.717, 1.165) is 36.3 Å². The van der Waals surface area contributed by atoms with Crippen LogP contribution in [0.3, 0.4) is 0 Å². The Balaban J connectivity index is 1.79. The summed E-state index contributed by atoms with van der Waals surface area (Å²) in [6.07, 6.45) is 3.48. The van der Waals surface area contributed by atoms with Crippen LogP contribution in [-0.4, -0.2) is 63.9 Å². The van der Waals surface area contributed by atoms with Gasteiger partial charge in [0.15, 0.2) is 5.96 Å². The highest BCUT2D eigenvalue weighted by Crippen LogP contribution is 2.19. The quantitative estimate of drug-likeness (QED) is 0.394. The summed E-state index contributed by atoms with van der Waals surface area (Å²) in [5.41, 5.74) is 0.965. The molecule has 6 nitrogen and oxygen atoms in total. The van der Waals surface area contributed by atoms with E-state index in [0.29, 0.717) is 19.3 Å². The van der Waals surface area contributed by atoms with Crippen LogP contribution in [-0.2, 0) is 4.74 Å². The fourth-order valence-corrected chi connectivity index (χ4v) is 3.22. The lowest BCUT2D eigenvalue weighted by molar-refractivity contribution is 0.148. The fraction of sp³-hybridized carbons (Fsp3) is 0.667. The van der Waals surface area contributed by atoms with Gasteiger partial charge in [-0.05, 0) is 50.9 Å². The first kappa shape index (κ1) is 21.5. The van der Waals surface area contributed by atoms with Crippen LogP contribution in [0.25, 0.3) is 0 Å². The largest absolute Gasteiger partial charge is 0.493 e. The van der Waals surface area contributed by atoms with Crippen molar-refractivity contribution < 1.29 is 9.47 Å². The lowest BCUT2D eigenvalue weighted by Gasteiger charge is -2.35. The highest BCUT2D eigenvalue weighted by atomic mass is 16.5. The summed E-state index contributed by atoms with van der Waals surface area (Å²) >= 11 is 0. The number of piperidine rings is 1. The maximum Gasteiger partial charge on any atom is 0.195 e. The number of anilines is 1. The molecule has 1 atom stereocenters. The van der Waals surface area contributed by atoms with Gasteiger partial charge in [-0.1, -0.05) is 13.0 Å². The number of methoxy groups -OCH3 is 1. The Labute approximate surface area is 164 Å². The molecule has 2 rings (SSSR count). The Bertz CT molecular complexity index is 571. The lowest BCUT2D eigenvalue weighted by atomic mass is 9.98. The van der Waals surface area contributed by atoms with Crippen LogP contribution in [0.5, 0.6) is 5.75 Å². The second-order valence-electron chi connectivity index (χ2n) is 7.37. The van der Waals surface area contributed by atoms with Gasteiger partial charge in [-0.25, -0.2) is 0 Å². The Hall–Kier alpha value is -1.79. The van der Waals surface area contributed by atoms with Gasteiger partial charge in [0.25, 0.3) is 0 Å². The summed E-state index contributed by atoms with van der Waals surface area (Å²) in [6.45, 7) is 9.25. The molecule has 1 fully saturated rings. The molecule has 1 aromatic carbocycles. The Morgan fingerprint density at radius 2 is 2.07 bits per heavy atom.